The Labute approximate surface area is 110 Å². The van der Waals surface area contributed by atoms with Gasteiger partial charge in [-0.15, -0.1) is 0 Å². The zero-order valence-corrected chi connectivity index (χ0v) is 11.4. The fourth-order valence-electron chi connectivity index (χ4n) is 1.77. The Morgan fingerprint density at radius 2 is 2.16 bits per heavy atom. The smallest absolute Gasteiger partial charge is 0.333 e. The SMILES string of the molecule is CCC(Nc1c([N+](=O)[O-])c(C)nn1C(C)C)C(=O)O. The quantitative estimate of drug-likeness (QED) is 0.603. The molecule has 1 aromatic heterocycles. The Hall–Kier alpha value is -2.12. The Bertz CT molecular complexity index is 495. The number of rotatable bonds is 6. The number of hydrogen-bond donors (Lipinski definition) is 2. The summed E-state index contributed by atoms with van der Waals surface area (Å²) in [4.78, 5) is 21.6. The van der Waals surface area contributed by atoms with Crippen LogP contribution in [0.15, 0.2) is 0 Å². The van der Waals surface area contributed by atoms with Crippen molar-refractivity contribution in [1.29, 1.82) is 0 Å². The van der Waals surface area contributed by atoms with E-state index in [9.17, 15) is 14.9 Å². The monoisotopic (exact) mass is 270 g/mol. The molecule has 0 amide bonds. The molecule has 0 fully saturated rings. The summed E-state index contributed by atoms with van der Waals surface area (Å²) in [6.45, 7) is 6.87. The molecule has 1 atom stereocenters. The van der Waals surface area contributed by atoms with E-state index in [1.807, 2.05) is 13.8 Å². The van der Waals surface area contributed by atoms with Gasteiger partial charge in [-0.2, -0.15) is 5.10 Å². The van der Waals surface area contributed by atoms with E-state index in [0.717, 1.165) is 0 Å². The van der Waals surface area contributed by atoms with Crippen LogP contribution in [0.2, 0.25) is 0 Å². The third-order valence-corrected chi connectivity index (χ3v) is 2.74. The predicted molar refractivity (Wildman–Crippen MR) is 69.3 cm³/mol. The third kappa shape index (κ3) is 3.01. The Kier molecular flexibility index (Phi) is 4.47. The highest BCUT2D eigenvalue weighted by atomic mass is 16.6. The first-order chi connectivity index (χ1) is 8.79. The van der Waals surface area contributed by atoms with Crippen LogP contribution in [0.25, 0.3) is 0 Å². The van der Waals surface area contributed by atoms with Gasteiger partial charge in [0.05, 0.1) is 4.92 Å². The first-order valence-electron chi connectivity index (χ1n) is 6.02. The largest absolute Gasteiger partial charge is 0.480 e. The number of carboxylic acid groups (broad SMARTS) is 1. The van der Waals surface area contributed by atoms with E-state index in [0.29, 0.717) is 6.42 Å². The van der Waals surface area contributed by atoms with Crippen molar-refractivity contribution >= 4 is 17.5 Å². The van der Waals surface area contributed by atoms with Gasteiger partial charge in [-0.1, -0.05) is 6.92 Å². The second-order valence-corrected chi connectivity index (χ2v) is 4.52. The normalized spacial score (nSPS) is 12.5. The van der Waals surface area contributed by atoms with Gasteiger partial charge in [0.25, 0.3) is 0 Å². The highest BCUT2D eigenvalue weighted by Gasteiger charge is 2.29. The summed E-state index contributed by atoms with van der Waals surface area (Å²) < 4.78 is 1.44. The molecule has 0 bridgehead atoms. The van der Waals surface area contributed by atoms with Crippen molar-refractivity contribution in [2.24, 2.45) is 0 Å². The molecule has 0 aliphatic carbocycles. The maximum Gasteiger partial charge on any atom is 0.333 e. The van der Waals surface area contributed by atoms with Crippen molar-refractivity contribution in [1.82, 2.24) is 9.78 Å². The Morgan fingerprint density at radius 3 is 2.53 bits per heavy atom. The van der Waals surface area contributed by atoms with Gasteiger partial charge in [-0.3, -0.25) is 10.1 Å². The minimum absolute atomic E-state index is 0.110. The van der Waals surface area contributed by atoms with E-state index in [1.54, 1.807) is 6.92 Å². The number of nitrogens with one attached hydrogen (secondary N) is 1. The van der Waals surface area contributed by atoms with Crippen molar-refractivity contribution in [3.05, 3.63) is 15.8 Å². The third-order valence-electron chi connectivity index (χ3n) is 2.74. The van der Waals surface area contributed by atoms with Crippen LogP contribution in [-0.4, -0.2) is 31.8 Å². The lowest BCUT2D eigenvalue weighted by atomic mass is 10.2. The van der Waals surface area contributed by atoms with E-state index in [2.05, 4.69) is 10.4 Å². The van der Waals surface area contributed by atoms with Crippen LogP contribution >= 0.6 is 0 Å². The van der Waals surface area contributed by atoms with Crippen molar-refractivity contribution < 1.29 is 14.8 Å². The zero-order valence-electron chi connectivity index (χ0n) is 11.4. The molecule has 0 saturated carbocycles. The summed E-state index contributed by atoms with van der Waals surface area (Å²) in [5.74, 6) is -0.905. The highest BCUT2D eigenvalue weighted by molar-refractivity contribution is 5.78. The average molecular weight is 270 g/mol. The molecule has 0 aromatic carbocycles. The maximum absolute atomic E-state index is 11.1. The second kappa shape index (κ2) is 5.68. The molecule has 1 rings (SSSR count). The van der Waals surface area contributed by atoms with Gasteiger partial charge < -0.3 is 10.4 Å². The minimum Gasteiger partial charge on any atom is -0.480 e. The number of carboxylic acids is 1. The number of aliphatic carboxylic acids is 1. The number of aromatic nitrogens is 2. The summed E-state index contributed by atoms with van der Waals surface area (Å²) in [6, 6.07) is -0.992. The predicted octanol–water partition coefficient (Wildman–Crippen LogP) is 1.96. The molecule has 0 aliphatic rings. The lowest BCUT2D eigenvalue weighted by Crippen LogP contribution is -2.30. The standard InChI is InChI=1S/C11H18N4O4/c1-5-8(11(16)17)12-10-9(15(18)19)7(4)13-14(10)6(2)3/h6,8,12H,5H2,1-4H3,(H,16,17). The van der Waals surface area contributed by atoms with Gasteiger partial charge in [0.2, 0.25) is 5.82 Å². The van der Waals surface area contributed by atoms with E-state index in [-0.39, 0.29) is 23.2 Å². The molecular weight excluding hydrogens is 252 g/mol. The minimum atomic E-state index is -1.05. The molecule has 0 radical (unpaired) electrons. The van der Waals surface area contributed by atoms with Crippen LogP contribution < -0.4 is 5.32 Å². The number of carbonyl (C=O) groups is 1. The first kappa shape index (κ1) is 14.9. The molecule has 106 valence electrons. The fourth-order valence-corrected chi connectivity index (χ4v) is 1.77. The van der Waals surface area contributed by atoms with Crippen LogP contribution in [0, 0.1) is 17.0 Å². The summed E-state index contributed by atoms with van der Waals surface area (Å²) in [5, 5.41) is 26.9. The molecule has 19 heavy (non-hydrogen) atoms. The number of nitro groups is 1. The first-order valence-corrected chi connectivity index (χ1v) is 6.02. The molecule has 1 aromatic rings. The molecule has 2 N–H and O–H groups in total. The molecule has 8 heteroatoms. The lowest BCUT2D eigenvalue weighted by Gasteiger charge is -2.16. The van der Waals surface area contributed by atoms with E-state index in [1.165, 1.54) is 11.6 Å². The van der Waals surface area contributed by atoms with E-state index >= 15 is 0 Å². The van der Waals surface area contributed by atoms with Crippen LogP contribution in [0.1, 0.15) is 38.9 Å². The second-order valence-electron chi connectivity index (χ2n) is 4.52. The van der Waals surface area contributed by atoms with Crippen LogP contribution in [0.5, 0.6) is 0 Å². The number of aryl methyl sites for hydroxylation is 1. The number of nitrogens with zero attached hydrogens (tertiary/aromatic N) is 3. The van der Waals surface area contributed by atoms with Gasteiger partial charge >= 0.3 is 11.7 Å². The van der Waals surface area contributed by atoms with Crippen molar-refractivity contribution in [2.75, 3.05) is 5.32 Å². The van der Waals surface area contributed by atoms with Crippen molar-refractivity contribution in [2.45, 2.75) is 46.2 Å². The number of hydrogen-bond acceptors (Lipinski definition) is 5. The molecule has 8 nitrogen and oxygen atoms in total. The summed E-state index contributed by atoms with van der Waals surface area (Å²) in [7, 11) is 0. The summed E-state index contributed by atoms with van der Waals surface area (Å²) in [5.41, 5.74) is 0.0924. The Balaban J connectivity index is 3.29. The topological polar surface area (TPSA) is 110 Å². The van der Waals surface area contributed by atoms with E-state index < -0.39 is 16.9 Å². The highest BCUT2D eigenvalue weighted by Crippen LogP contribution is 2.31. The van der Waals surface area contributed by atoms with Crippen LogP contribution in [0.3, 0.4) is 0 Å². The van der Waals surface area contributed by atoms with Gasteiger partial charge in [-0.05, 0) is 27.2 Å². The van der Waals surface area contributed by atoms with Crippen LogP contribution in [-0.2, 0) is 4.79 Å². The molecule has 0 aliphatic heterocycles. The molecule has 1 heterocycles. The molecule has 0 saturated heterocycles. The van der Waals surface area contributed by atoms with Gasteiger partial charge in [0.15, 0.2) is 0 Å². The lowest BCUT2D eigenvalue weighted by molar-refractivity contribution is -0.384. The molecule has 0 spiro atoms. The number of anilines is 1. The summed E-state index contributed by atoms with van der Waals surface area (Å²) in [6.07, 6.45) is 0.314. The van der Waals surface area contributed by atoms with Crippen molar-refractivity contribution in [3.8, 4) is 0 Å². The van der Waals surface area contributed by atoms with E-state index in [4.69, 9.17) is 5.11 Å². The van der Waals surface area contributed by atoms with Crippen molar-refractivity contribution in [3.63, 3.8) is 0 Å². The Morgan fingerprint density at radius 1 is 1.58 bits per heavy atom. The molecule has 1 unspecified atom stereocenters. The molecular formula is C11H18N4O4. The van der Waals surface area contributed by atoms with Gasteiger partial charge in [0, 0.05) is 6.04 Å². The van der Waals surface area contributed by atoms with Gasteiger partial charge in [-0.25, -0.2) is 9.48 Å². The fraction of sp³-hybridized carbons (Fsp3) is 0.636. The summed E-state index contributed by atoms with van der Waals surface area (Å²) >= 11 is 0. The maximum atomic E-state index is 11.1. The van der Waals surface area contributed by atoms with Gasteiger partial charge in [0.1, 0.15) is 11.7 Å². The zero-order chi connectivity index (χ0) is 14.7. The van der Waals surface area contributed by atoms with Crippen LogP contribution in [0.4, 0.5) is 11.5 Å². The average Bonchev–Trinajstić information content (AvgIpc) is 2.62.